The van der Waals surface area contributed by atoms with Gasteiger partial charge >= 0.3 is 0 Å². The minimum atomic E-state index is -0.517. The highest BCUT2D eigenvalue weighted by molar-refractivity contribution is 6.18. The molecule has 0 saturated carbocycles. The van der Waals surface area contributed by atoms with E-state index in [2.05, 4.69) is 5.32 Å². The number of aryl methyl sites for hydroxylation is 1. The molecule has 0 aliphatic heterocycles. The quantitative estimate of drug-likeness (QED) is 0.405. The molecule has 4 rings (SSSR count). The van der Waals surface area contributed by atoms with Crippen molar-refractivity contribution in [1.82, 2.24) is 0 Å². The van der Waals surface area contributed by atoms with E-state index < -0.39 is 17.5 Å². The molecule has 5 nitrogen and oxygen atoms in total. The topological polar surface area (TPSA) is 68.5 Å². The van der Waals surface area contributed by atoms with Crippen LogP contribution < -0.4 is 10.1 Å². The van der Waals surface area contributed by atoms with Crippen LogP contribution in [0.1, 0.15) is 39.0 Å². The Kier molecular flexibility index (Phi) is 5.54. The second-order valence-corrected chi connectivity index (χ2v) is 7.01. The highest BCUT2D eigenvalue weighted by atomic mass is 19.1. The number of fused-ring (bicyclic) bond motifs is 1. The summed E-state index contributed by atoms with van der Waals surface area (Å²) in [6, 6.07) is 17.9. The van der Waals surface area contributed by atoms with Crippen molar-refractivity contribution in [2.75, 3.05) is 11.9 Å². The third-order valence-electron chi connectivity index (χ3n) is 4.90. The van der Waals surface area contributed by atoms with E-state index in [9.17, 15) is 14.0 Å². The lowest BCUT2D eigenvalue weighted by Crippen LogP contribution is -2.14. The number of hydrogen-bond donors (Lipinski definition) is 1. The molecular formula is C25H20FNO4. The molecule has 0 bridgehead atoms. The zero-order chi connectivity index (χ0) is 22.0. The first-order chi connectivity index (χ1) is 15.0. The van der Waals surface area contributed by atoms with E-state index in [1.807, 2.05) is 6.92 Å². The van der Waals surface area contributed by atoms with Crippen molar-refractivity contribution in [2.24, 2.45) is 0 Å². The first-order valence-corrected chi connectivity index (χ1v) is 9.84. The SMILES string of the molecule is CCOc1ccc(C(=O)Nc2c(C(=O)c3ccc(C)c(F)c3)oc3ccccc23)cc1. The number of ether oxygens (including phenoxy) is 1. The van der Waals surface area contributed by atoms with Gasteiger partial charge in [-0.1, -0.05) is 24.3 Å². The smallest absolute Gasteiger partial charge is 0.255 e. The van der Waals surface area contributed by atoms with E-state index in [1.54, 1.807) is 55.5 Å². The zero-order valence-electron chi connectivity index (χ0n) is 17.1. The van der Waals surface area contributed by atoms with Crippen LogP contribution in [0.2, 0.25) is 0 Å². The summed E-state index contributed by atoms with van der Waals surface area (Å²) in [6.07, 6.45) is 0. The van der Waals surface area contributed by atoms with Gasteiger partial charge in [-0.15, -0.1) is 0 Å². The number of benzene rings is 3. The minimum Gasteiger partial charge on any atom is -0.494 e. The van der Waals surface area contributed by atoms with Gasteiger partial charge in [0.2, 0.25) is 5.78 Å². The monoisotopic (exact) mass is 417 g/mol. The lowest BCUT2D eigenvalue weighted by Gasteiger charge is -2.08. The van der Waals surface area contributed by atoms with E-state index in [-0.39, 0.29) is 17.0 Å². The highest BCUT2D eigenvalue weighted by Gasteiger charge is 2.24. The number of rotatable bonds is 6. The molecule has 0 aliphatic rings. The molecule has 1 amide bonds. The number of ketones is 1. The fourth-order valence-corrected chi connectivity index (χ4v) is 3.25. The molecule has 1 aromatic heterocycles. The van der Waals surface area contributed by atoms with Gasteiger partial charge in [0.25, 0.3) is 5.91 Å². The number of amides is 1. The summed E-state index contributed by atoms with van der Waals surface area (Å²) < 4.78 is 25.2. The lowest BCUT2D eigenvalue weighted by molar-refractivity contribution is 0.101. The van der Waals surface area contributed by atoms with Crippen molar-refractivity contribution in [3.63, 3.8) is 0 Å². The summed E-state index contributed by atoms with van der Waals surface area (Å²) in [7, 11) is 0. The van der Waals surface area contributed by atoms with Crippen molar-refractivity contribution in [3.8, 4) is 5.75 Å². The van der Waals surface area contributed by atoms with Gasteiger partial charge < -0.3 is 14.5 Å². The average Bonchev–Trinajstić information content (AvgIpc) is 3.14. The van der Waals surface area contributed by atoms with Gasteiger partial charge in [0.05, 0.1) is 12.3 Å². The maximum absolute atomic E-state index is 14.0. The summed E-state index contributed by atoms with van der Waals surface area (Å²) in [5.74, 6) is -0.799. The Balaban J connectivity index is 1.72. The molecule has 0 unspecified atom stereocenters. The van der Waals surface area contributed by atoms with Crippen molar-refractivity contribution in [2.45, 2.75) is 13.8 Å². The summed E-state index contributed by atoms with van der Waals surface area (Å²) in [5.41, 5.74) is 1.67. The van der Waals surface area contributed by atoms with Gasteiger partial charge in [0.15, 0.2) is 5.76 Å². The molecule has 0 spiro atoms. The Morgan fingerprint density at radius 1 is 1.00 bits per heavy atom. The number of furan rings is 1. The fourth-order valence-electron chi connectivity index (χ4n) is 3.25. The van der Waals surface area contributed by atoms with Crippen LogP contribution in [0.3, 0.4) is 0 Å². The van der Waals surface area contributed by atoms with Gasteiger partial charge in [-0.25, -0.2) is 4.39 Å². The number of para-hydroxylation sites is 1. The standard InChI is InChI=1S/C25H20FNO4/c1-3-30-18-12-10-16(11-13-18)25(29)27-22-19-6-4-5-7-21(19)31-24(22)23(28)17-9-8-15(2)20(26)14-17/h4-14H,3H2,1-2H3,(H,27,29). The van der Waals surface area contributed by atoms with E-state index in [1.165, 1.54) is 18.2 Å². The average molecular weight is 417 g/mol. The van der Waals surface area contributed by atoms with Crippen molar-refractivity contribution in [3.05, 3.63) is 95.0 Å². The molecule has 156 valence electrons. The fraction of sp³-hybridized carbons (Fsp3) is 0.120. The van der Waals surface area contributed by atoms with Crippen molar-refractivity contribution >= 4 is 28.3 Å². The normalized spacial score (nSPS) is 10.8. The van der Waals surface area contributed by atoms with Gasteiger partial charge in [-0.05, 0) is 61.9 Å². The Morgan fingerprint density at radius 2 is 1.71 bits per heavy atom. The van der Waals surface area contributed by atoms with Crippen molar-refractivity contribution < 1.29 is 23.1 Å². The number of halogens is 1. The Hall–Kier alpha value is -3.93. The van der Waals surface area contributed by atoms with E-state index in [0.717, 1.165) is 0 Å². The van der Waals surface area contributed by atoms with Crippen LogP contribution in [0, 0.1) is 12.7 Å². The first kappa shape index (κ1) is 20.3. The maximum atomic E-state index is 14.0. The van der Waals surface area contributed by atoms with Gasteiger partial charge in [-0.2, -0.15) is 0 Å². The molecule has 1 heterocycles. The summed E-state index contributed by atoms with van der Waals surface area (Å²) >= 11 is 0. The second-order valence-electron chi connectivity index (χ2n) is 7.01. The number of nitrogens with one attached hydrogen (secondary N) is 1. The molecule has 0 fully saturated rings. The number of carbonyl (C=O) groups is 2. The van der Waals surface area contributed by atoms with Crippen LogP contribution in [0.25, 0.3) is 11.0 Å². The summed E-state index contributed by atoms with van der Waals surface area (Å²) in [4.78, 5) is 26.0. The molecule has 0 radical (unpaired) electrons. The number of anilines is 1. The van der Waals surface area contributed by atoms with E-state index >= 15 is 0 Å². The predicted molar refractivity (Wildman–Crippen MR) is 116 cm³/mol. The Bertz CT molecular complexity index is 1270. The molecule has 4 aromatic rings. The van der Waals surface area contributed by atoms with Gasteiger partial charge in [0, 0.05) is 16.5 Å². The van der Waals surface area contributed by atoms with Crippen LogP contribution in [0.15, 0.2) is 71.1 Å². The third kappa shape index (κ3) is 4.05. The van der Waals surface area contributed by atoms with Gasteiger partial charge in [-0.3, -0.25) is 9.59 Å². The first-order valence-electron chi connectivity index (χ1n) is 9.84. The van der Waals surface area contributed by atoms with Crippen molar-refractivity contribution in [1.29, 1.82) is 0 Å². The molecule has 6 heteroatoms. The van der Waals surface area contributed by atoms with E-state index in [4.69, 9.17) is 9.15 Å². The Morgan fingerprint density at radius 3 is 2.42 bits per heavy atom. The van der Waals surface area contributed by atoms with Crippen LogP contribution >= 0.6 is 0 Å². The highest BCUT2D eigenvalue weighted by Crippen LogP contribution is 2.33. The zero-order valence-corrected chi connectivity index (χ0v) is 17.1. The molecule has 31 heavy (non-hydrogen) atoms. The molecule has 0 saturated heterocycles. The van der Waals surface area contributed by atoms with Gasteiger partial charge in [0.1, 0.15) is 17.1 Å². The lowest BCUT2D eigenvalue weighted by atomic mass is 10.0. The molecule has 0 atom stereocenters. The molecular weight excluding hydrogens is 397 g/mol. The molecule has 1 N–H and O–H groups in total. The predicted octanol–water partition coefficient (Wildman–Crippen LogP) is 5.76. The third-order valence-corrected chi connectivity index (χ3v) is 4.90. The van der Waals surface area contributed by atoms with E-state index in [0.29, 0.717) is 34.5 Å². The number of carbonyl (C=O) groups excluding carboxylic acids is 2. The summed E-state index contributed by atoms with van der Waals surface area (Å²) in [6.45, 7) is 4.02. The molecule has 0 aliphatic carbocycles. The maximum Gasteiger partial charge on any atom is 0.255 e. The van der Waals surface area contributed by atoms with Crippen LogP contribution in [0.4, 0.5) is 10.1 Å². The van der Waals surface area contributed by atoms with Crippen LogP contribution in [-0.4, -0.2) is 18.3 Å². The number of hydrogen-bond acceptors (Lipinski definition) is 4. The van der Waals surface area contributed by atoms with Crippen LogP contribution in [-0.2, 0) is 0 Å². The summed E-state index contributed by atoms with van der Waals surface area (Å²) in [5, 5.41) is 3.37. The van der Waals surface area contributed by atoms with Crippen LogP contribution in [0.5, 0.6) is 5.75 Å². The largest absolute Gasteiger partial charge is 0.494 e. The molecule has 3 aromatic carbocycles. The Labute approximate surface area is 178 Å². The second kappa shape index (κ2) is 8.44. The minimum absolute atomic E-state index is 0.0521.